The van der Waals surface area contributed by atoms with E-state index in [1.54, 1.807) is 19.1 Å². The number of carboxylic acids is 1. The van der Waals surface area contributed by atoms with Crippen molar-refractivity contribution in [2.75, 3.05) is 0 Å². The zero-order valence-electron chi connectivity index (χ0n) is 15.7. The summed E-state index contributed by atoms with van der Waals surface area (Å²) in [6.45, 7) is 1.72. The van der Waals surface area contributed by atoms with Crippen molar-refractivity contribution >= 4 is 11.8 Å². The fourth-order valence-electron chi connectivity index (χ4n) is 3.56. The lowest BCUT2D eigenvalue weighted by Gasteiger charge is -2.18. The van der Waals surface area contributed by atoms with Gasteiger partial charge >= 0.3 is 5.97 Å². The summed E-state index contributed by atoms with van der Waals surface area (Å²) < 4.78 is 0. The molecule has 150 valence electrons. The van der Waals surface area contributed by atoms with E-state index < -0.39 is 18.2 Å². The first-order chi connectivity index (χ1) is 12.3. The number of rotatable bonds is 13. The zero-order valence-corrected chi connectivity index (χ0v) is 15.7. The fourth-order valence-corrected chi connectivity index (χ4v) is 3.56. The first-order valence-electron chi connectivity index (χ1n) is 9.78. The minimum absolute atomic E-state index is 0.0706. The number of unbranched alkanes of at least 4 members (excludes halogenated alkanes) is 3. The second kappa shape index (κ2) is 12.2. The molecular formula is C20H34O6. The highest BCUT2D eigenvalue weighted by molar-refractivity contribution is 5.84. The molecule has 0 aromatic carbocycles. The molecule has 0 bridgehead atoms. The van der Waals surface area contributed by atoms with Crippen LogP contribution in [0.4, 0.5) is 0 Å². The minimum Gasteiger partial charge on any atom is -0.481 e. The van der Waals surface area contributed by atoms with Crippen LogP contribution >= 0.6 is 0 Å². The van der Waals surface area contributed by atoms with Gasteiger partial charge in [0.05, 0.1) is 18.3 Å². The van der Waals surface area contributed by atoms with Gasteiger partial charge in [-0.25, -0.2) is 0 Å². The Balaban J connectivity index is 2.39. The maximum absolute atomic E-state index is 12.1. The Hall–Kier alpha value is -1.24. The number of carbonyl (C=O) groups is 2. The molecule has 1 rings (SSSR count). The normalized spacial score (nSPS) is 25.7. The molecule has 5 unspecified atom stereocenters. The molecular weight excluding hydrogens is 336 g/mol. The van der Waals surface area contributed by atoms with E-state index in [0.717, 1.165) is 25.7 Å². The lowest BCUT2D eigenvalue weighted by atomic mass is 9.88. The second-order valence-corrected chi connectivity index (χ2v) is 7.50. The number of aliphatic carboxylic acids is 1. The molecule has 5 atom stereocenters. The van der Waals surface area contributed by atoms with Crippen molar-refractivity contribution in [3.8, 4) is 0 Å². The third-order valence-electron chi connectivity index (χ3n) is 5.07. The number of ketones is 1. The molecule has 1 aliphatic rings. The van der Waals surface area contributed by atoms with E-state index in [1.807, 2.05) is 0 Å². The molecule has 0 saturated heterocycles. The number of Topliss-reactive ketones (excluding diaryl/α,β-unsaturated/α-hetero) is 1. The largest absolute Gasteiger partial charge is 0.481 e. The van der Waals surface area contributed by atoms with E-state index in [0.29, 0.717) is 25.7 Å². The monoisotopic (exact) mass is 370 g/mol. The van der Waals surface area contributed by atoms with Gasteiger partial charge in [0, 0.05) is 24.7 Å². The van der Waals surface area contributed by atoms with Gasteiger partial charge in [-0.2, -0.15) is 0 Å². The van der Waals surface area contributed by atoms with Gasteiger partial charge in [0.15, 0.2) is 0 Å². The Labute approximate surface area is 155 Å². The van der Waals surface area contributed by atoms with E-state index in [9.17, 15) is 24.9 Å². The van der Waals surface area contributed by atoms with Crippen LogP contribution in [0.2, 0.25) is 0 Å². The van der Waals surface area contributed by atoms with Crippen LogP contribution in [0.1, 0.15) is 71.1 Å². The third-order valence-corrected chi connectivity index (χ3v) is 5.07. The summed E-state index contributed by atoms with van der Waals surface area (Å²) in [6.07, 6.45) is 7.88. The van der Waals surface area contributed by atoms with Gasteiger partial charge < -0.3 is 20.4 Å². The number of carbonyl (C=O) groups excluding carboxylic acids is 1. The van der Waals surface area contributed by atoms with Gasteiger partial charge in [-0.15, -0.1) is 0 Å². The smallest absolute Gasteiger partial charge is 0.303 e. The maximum atomic E-state index is 12.1. The van der Waals surface area contributed by atoms with Crippen molar-refractivity contribution in [3.05, 3.63) is 12.2 Å². The number of hydrogen-bond acceptors (Lipinski definition) is 5. The van der Waals surface area contributed by atoms with Crippen LogP contribution in [0.15, 0.2) is 12.2 Å². The van der Waals surface area contributed by atoms with E-state index >= 15 is 0 Å². The first-order valence-corrected chi connectivity index (χ1v) is 9.78. The fraction of sp³-hybridized carbons (Fsp3) is 0.800. The van der Waals surface area contributed by atoms with E-state index in [1.165, 1.54) is 0 Å². The molecule has 4 N–H and O–H groups in total. The summed E-state index contributed by atoms with van der Waals surface area (Å²) in [6, 6.07) is 0. The Bertz CT molecular complexity index is 459. The summed E-state index contributed by atoms with van der Waals surface area (Å²) in [7, 11) is 0. The molecule has 1 saturated carbocycles. The Morgan fingerprint density at radius 2 is 1.85 bits per heavy atom. The molecule has 0 radical (unpaired) electrons. The highest BCUT2D eigenvalue weighted by Crippen LogP contribution is 2.34. The Kier molecular flexibility index (Phi) is 10.7. The van der Waals surface area contributed by atoms with Crippen molar-refractivity contribution in [3.63, 3.8) is 0 Å². The molecule has 0 aromatic rings. The molecule has 1 aliphatic carbocycles. The second-order valence-electron chi connectivity index (χ2n) is 7.50. The van der Waals surface area contributed by atoms with Gasteiger partial charge in [-0.3, -0.25) is 9.59 Å². The average molecular weight is 370 g/mol. The molecule has 0 heterocycles. The van der Waals surface area contributed by atoms with E-state index in [-0.39, 0.29) is 36.6 Å². The zero-order chi connectivity index (χ0) is 19.5. The van der Waals surface area contributed by atoms with Gasteiger partial charge in [-0.1, -0.05) is 31.4 Å². The number of carboxylic acid groups (broad SMARTS) is 1. The molecule has 0 spiro atoms. The molecule has 0 amide bonds. The molecule has 6 nitrogen and oxygen atoms in total. The molecule has 1 fully saturated rings. The van der Waals surface area contributed by atoms with Gasteiger partial charge in [0.1, 0.15) is 5.78 Å². The summed E-state index contributed by atoms with van der Waals surface area (Å²) in [5.74, 6) is -1.18. The maximum Gasteiger partial charge on any atom is 0.303 e. The van der Waals surface area contributed by atoms with Crippen molar-refractivity contribution < 1.29 is 30.0 Å². The molecule has 26 heavy (non-hydrogen) atoms. The lowest BCUT2D eigenvalue weighted by molar-refractivity contribution is -0.137. The summed E-state index contributed by atoms with van der Waals surface area (Å²) in [5, 5.41) is 38.0. The summed E-state index contributed by atoms with van der Waals surface area (Å²) in [5.41, 5.74) is 0. The van der Waals surface area contributed by atoms with Crippen LogP contribution < -0.4 is 0 Å². The van der Waals surface area contributed by atoms with E-state index in [2.05, 4.69) is 0 Å². The van der Waals surface area contributed by atoms with Crippen LogP contribution in [0.25, 0.3) is 0 Å². The molecule has 0 aliphatic heterocycles. The van der Waals surface area contributed by atoms with Crippen molar-refractivity contribution in [1.82, 2.24) is 0 Å². The molecule has 6 heteroatoms. The van der Waals surface area contributed by atoms with Crippen LogP contribution in [-0.4, -0.2) is 50.5 Å². The topological polar surface area (TPSA) is 115 Å². The van der Waals surface area contributed by atoms with Gasteiger partial charge in [0.2, 0.25) is 0 Å². The third kappa shape index (κ3) is 8.92. The van der Waals surface area contributed by atoms with Crippen LogP contribution in [0, 0.1) is 11.8 Å². The van der Waals surface area contributed by atoms with Crippen LogP contribution in [0.5, 0.6) is 0 Å². The number of aliphatic hydroxyl groups excluding tert-OH is 3. The van der Waals surface area contributed by atoms with Crippen LogP contribution in [-0.2, 0) is 9.59 Å². The molecule has 0 aromatic heterocycles. The lowest BCUT2D eigenvalue weighted by Crippen LogP contribution is -2.19. The van der Waals surface area contributed by atoms with E-state index in [4.69, 9.17) is 5.11 Å². The predicted molar refractivity (Wildman–Crippen MR) is 98.6 cm³/mol. The summed E-state index contributed by atoms with van der Waals surface area (Å²) in [4.78, 5) is 22.6. The Morgan fingerprint density at radius 3 is 2.50 bits per heavy atom. The highest BCUT2D eigenvalue weighted by Gasteiger charge is 2.39. The average Bonchev–Trinajstić information content (AvgIpc) is 2.81. The summed E-state index contributed by atoms with van der Waals surface area (Å²) >= 11 is 0. The first kappa shape index (κ1) is 22.8. The number of hydrogen-bond donors (Lipinski definition) is 4. The highest BCUT2D eigenvalue weighted by atomic mass is 16.4. The van der Waals surface area contributed by atoms with Gasteiger partial charge in [-0.05, 0) is 39.0 Å². The van der Waals surface area contributed by atoms with Crippen molar-refractivity contribution in [2.24, 2.45) is 11.8 Å². The van der Waals surface area contributed by atoms with Gasteiger partial charge in [0.25, 0.3) is 0 Å². The quantitative estimate of drug-likeness (QED) is 0.292. The standard InChI is InChI=1S/C20H34O6/c1-14(21)7-6-8-15(22)11-12-17-16(18(23)13-19(17)24)9-4-2-3-5-10-20(25)26/h11-12,14-17,19,21-22,24H,2-10,13H2,1H3,(H,25,26). The van der Waals surface area contributed by atoms with Crippen LogP contribution in [0.3, 0.4) is 0 Å². The van der Waals surface area contributed by atoms with Crippen molar-refractivity contribution in [2.45, 2.75) is 89.4 Å². The minimum atomic E-state index is -0.781. The Morgan fingerprint density at radius 1 is 1.15 bits per heavy atom. The SMILES string of the molecule is CC(O)CCCC(O)C=CC1C(O)CC(=O)C1CCCCCCC(=O)O. The number of aliphatic hydroxyl groups is 3. The predicted octanol–water partition coefficient (Wildman–Crippen LogP) is 2.45. The van der Waals surface area contributed by atoms with Crippen molar-refractivity contribution in [1.29, 1.82) is 0 Å².